The fraction of sp³-hybridized carbons (Fsp3) is 0.455. The van der Waals surface area contributed by atoms with Gasteiger partial charge in [0.05, 0.1) is 0 Å². The molecule has 0 aliphatic heterocycles. The number of phenolic OH excluding ortho intramolecular Hbond substituents is 1. The van der Waals surface area contributed by atoms with Crippen molar-refractivity contribution in [2.45, 2.75) is 26.3 Å². The first kappa shape index (κ1) is 13.3. The highest BCUT2D eigenvalue weighted by molar-refractivity contribution is 5.85. The predicted molar refractivity (Wildman–Crippen MR) is 61.7 cm³/mol. The van der Waals surface area contributed by atoms with Crippen LogP contribution in [0.1, 0.15) is 31.9 Å². The molecule has 80 valence electrons. The molecular weight excluding hydrogens is 198 g/mol. The first-order valence-electron chi connectivity index (χ1n) is 4.64. The van der Waals surface area contributed by atoms with Gasteiger partial charge in [-0.2, -0.15) is 0 Å². The summed E-state index contributed by atoms with van der Waals surface area (Å²) in [5, 5.41) is 9.08. The van der Waals surface area contributed by atoms with E-state index in [2.05, 4.69) is 13.8 Å². The number of hydrogen-bond acceptors (Lipinski definition) is 2. The molecular formula is C11H18ClNO. The Hall–Kier alpha value is -0.730. The Bertz CT molecular complexity index is 258. The number of hydrogen-bond donors (Lipinski definition) is 2. The Labute approximate surface area is 91.5 Å². The highest BCUT2D eigenvalue weighted by Crippen LogP contribution is 2.20. The van der Waals surface area contributed by atoms with Crippen molar-refractivity contribution in [3.63, 3.8) is 0 Å². The van der Waals surface area contributed by atoms with E-state index in [4.69, 9.17) is 10.8 Å². The van der Waals surface area contributed by atoms with E-state index in [9.17, 15) is 0 Å². The van der Waals surface area contributed by atoms with Crippen LogP contribution in [0.2, 0.25) is 0 Å². The number of nitrogens with two attached hydrogens (primary N) is 1. The Morgan fingerprint density at radius 1 is 1.21 bits per heavy atom. The molecule has 14 heavy (non-hydrogen) atoms. The average molecular weight is 216 g/mol. The summed E-state index contributed by atoms with van der Waals surface area (Å²) in [6, 6.07) is 7.19. The van der Waals surface area contributed by atoms with Gasteiger partial charge in [-0.25, -0.2) is 0 Å². The van der Waals surface area contributed by atoms with Gasteiger partial charge in [-0.3, -0.25) is 0 Å². The molecule has 3 heteroatoms. The van der Waals surface area contributed by atoms with E-state index < -0.39 is 0 Å². The molecule has 0 heterocycles. The lowest BCUT2D eigenvalue weighted by Gasteiger charge is -2.14. The van der Waals surface area contributed by atoms with Gasteiger partial charge in [0.15, 0.2) is 0 Å². The summed E-state index contributed by atoms with van der Waals surface area (Å²) in [6.07, 6.45) is 0.977. The molecule has 3 N–H and O–H groups in total. The van der Waals surface area contributed by atoms with Gasteiger partial charge < -0.3 is 10.8 Å². The molecule has 0 amide bonds. The van der Waals surface area contributed by atoms with E-state index in [0.717, 1.165) is 12.0 Å². The van der Waals surface area contributed by atoms with Crippen molar-refractivity contribution < 1.29 is 5.11 Å². The van der Waals surface area contributed by atoms with Crippen molar-refractivity contribution in [3.05, 3.63) is 29.8 Å². The third-order valence-corrected chi connectivity index (χ3v) is 2.05. The molecule has 0 aliphatic rings. The van der Waals surface area contributed by atoms with Gasteiger partial charge in [-0.1, -0.05) is 26.0 Å². The second kappa shape index (κ2) is 5.89. The normalized spacial score (nSPS) is 12.3. The van der Waals surface area contributed by atoms with Crippen molar-refractivity contribution in [1.82, 2.24) is 0 Å². The first-order valence-corrected chi connectivity index (χ1v) is 4.64. The van der Waals surface area contributed by atoms with Gasteiger partial charge in [0.25, 0.3) is 0 Å². The molecule has 1 atom stereocenters. The van der Waals surface area contributed by atoms with Crippen molar-refractivity contribution in [1.29, 1.82) is 0 Å². The fourth-order valence-electron chi connectivity index (χ4n) is 1.37. The van der Waals surface area contributed by atoms with Gasteiger partial charge in [0.2, 0.25) is 0 Å². The van der Waals surface area contributed by atoms with E-state index in [0.29, 0.717) is 11.7 Å². The van der Waals surface area contributed by atoms with Gasteiger partial charge in [0.1, 0.15) is 5.75 Å². The predicted octanol–water partition coefficient (Wildman–Crippen LogP) is 2.86. The minimum absolute atomic E-state index is 0. The average Bonchev–Trinajstić information content (AvgIpc) is 2.04. The number of halogens is 1. The molecule has 1 aromatic rings. The van der Waals surface area contributed by atoms with Crippen molar-refractivity contribution in [3.8, 4) is 5.75 Å². The van der Waals surface area contributed by atoms with E-state index in [1.165, 1.54) is 0 Å². The molecule has 0 saturated carbocycles. The van der Waals surface area contributed by atoms with Crippen LogP contribution in [0.15, 0.2) is 24.3 Å². The van der Waals surface area contributed by atoms with E-state index >= 15 is 0 Å². The molecule has 0 aromatic heterocycles. The first-order chi connectivity index (χ1) is 6.09. The Balaban J connectivity index is 0.00000169. The van der Waals surface area contributed by atoms with Crippen LogP contribution in [0.4, 0.5) is 0 Å². The Morgan fingerprint density at radius 2 is 1.71 bits per heavy atom. The minimum atomic E-state index is 0. The van der Waals surface area contributed by atoms with Gasteiger partial charge in [-0.05, 0) is 30.0 Å². The Kier molecular flexibility index (Phi) is 5.58. The summed E-state index contributed by atoms with van der Waals surface area (Å²) >= 11 is 0. The molecule has 1 rings (SSSR count). The number of rotatable bonds is 3. The van der Waals surface area contributed by atoms with E-state index in [1.807, 2.05) is 12.1 Å². The third kappa shape index (κ3) is 3.99. The van der Waals surface area contributed by atoms with Gasteiger partial charge in [-0.15, -0.1) is 12.4 Å². The molecule has 0 aliphatic carbocycles. The second-order valence-electron chi connectivity index (χ2n) is 3.83. The van der Waals surface area contributed by atoms with Crippen molar-refractivity contribution in [2.75, 3.05) is 0 Å². The van der Waals surface area contributed by atoms with Crippen LogP contribution in [0.5, 0.6) is 5.75 Å². The second-order valence-corrected chi connectivity index (χ2v) is 3.83. The smallest absolute Gasteiger partial charge is 0.115 e. The monoisotopic (exact) mass is 215 g/mol. The summed E-state index contributed by atoms with van der Waals surface area (Å²) in [5.41, 5.74) is 7.05. The van der Waals surface area contributed by atoms with Crippen molar-refractivity contribution >= 4 is 12.4 Å². The molecule has 2 nitrogen and oxygen atoms in total. The summed E-state index contributed by atoms with van der Waals surface area (Å²) < 4.78 is 0. The molecule has 0 bridgehead atoms. The maximum absolute atomic E-state index is 9.08. The molecule has 0 spiro atoms. The summed E-state index contributed by atoms with van der Waals surface area (Å²) in [5.74, 6) is 0.893. The van der Waals surface area contributed by atoms with Crippen LogP contribution in [-0.2, 0) is 0 Å². The van der Waals surface area contributed by atoms with Crippen LogP contribution in [0.25, 0.3) is 0 Å². The maximum Gasteiger partial charge on any atom is 0.115 e. The number of phenols is 1. The highest BCUT2D eigenvalue weighted by atomic mass is 35.5. The fourth-order valence-corrected chi connectivity index (χ4v) is 1.37. The lowest BCUT2D eigenvalue weighted by molar-refractivity contribution is 0.473. The van der Waals surface area contributed by atoms with E-state index in [1.54, 1.807) is 12.1 Å². The number of aromatic hydroxyl groups is 1. The third-order valence-electron chi connectivity index (χ3n) is 2.05. The summed E-state index contributed by atoms with van der Waals surface area (Å²) in [4.78, 5) is 0. The quantitative estimate of drug-likeness (QED) is 0.815. The van der Waals surface area contributed by atoms with Crippen LogP contribution in [-0.4, -0.2) is 5.11 Å². The lowest BCUT2D eigenvalue weighted by atomic mass is 9.98. The molecule has 1 aromatic carbocycles. The molecule has 0 saturated heterocycles. The standard InChI is InChI=1S/C11H17NO.ClH/c1-8(2)7-11(12)9-3-5-10(13)6-4-9;/h3-6,8,11,13H,7,12H2,1-2H3;1H/t11-;/m1./s1. The molecule has 0 unspecified atom stereocenters. The number of benzene rings is 1. The zero-order valence-electron chi connectivity index (χ0n) is 8.60. The van der Waals surface area contributed by atoms with Gasteiger partial charge in [0, 0.05) is 6.04 Å². The lowest BCUT2D eigenvalue weighted by Crippen LogP contribution is -2.12. The van der Waals surface area contributed by atoms with Crippen LogP contribution < -0.4 is 5.73 Å². The van der Waals surface area contributed by atoms with Crippen LogP contribution >= 0.6 is 12.4 Å². The highest BCUT2D eigenvalue weighted by Gasteiger charge is 2.07. The van der Waals surface area contributed by atoms with Gasteiger partial charge >= 0.3 is 0 Å². The maximum atomic E-state index is 9.08. The SMILES string of the molecule is CC(C)C[C@@H](N)c1ccc(O)cc1.Cl. The summed E-state index contributed by atoms with van der Waals surface area (Å²) in [7, 11) is 0. The summed E-state index contributed by atoms with van der Waals surface area (Å²) in [6.45, 7) is 4.31. The topological polar surface area (TPSA) is 46.2 Å². The molecule has 0 fully saturated rings. The minimum Gasteiger partial charge on any atom is -0.508 e. The van der Waals surface area contributed by atoms with Crippen molar-refractivity contribution in [2.24, 2.45) is 11.7 Å². The largest absolute Gasteiger partial charge is 0.508 e. The molecule has 0 radical (unpaired) electrons. The zero-order chi connectivity index (χ0) is 9.84. The van der Waals surface area contributed by atoms with Crippen LogP contribution in [0, 0.1) is 5.92 Å². The van der Waals surface area contributed by atoms with Crippen LogP contribution in [0.3, 0.4) is 0 Å². The Morgan fingerprint density at radius 3 is 2.14 bits per heavy atom. The zero-order valence-corrected chi connectivity index (χ0v) is 9.42. The van der Waals surface area contributed by atoms with E-state index in [-0.39, 0.29) is 18.4 Å².